The SMILES string of the molecule is OCC1(CO)CCC1(CO)CO. The maximum Gasteiger partial charge on any atom is 0.0516 e. The highest BCUT2D eigenvalue weighted by Gasteiger charge is 2.57. The van der Waals surface area contributed by atoms with Gasteiger partial charge in [0.05, 0.1) is 26.4 Å². The molecule has 0 amide bonds. The van der Waals surface area contributed by atoms with Crippen molar-refractivity contribution in [2.45, 2.75) is 12.8 Å². The van der Waals surface area contributed by atoms with E-state index in [2.05, 4.69) is 0 Å². The molecule has 0 aromatic heterocycles. The Hall–Kier alpha value is -0.160. The summed E-state index contributed by atoms with van der Waals surface area (Å²) in [5.74, 6) is 0. The van der Waals surface area contributed by atoms with Gasteiger partial charge in [0.2, 0.25) is 0 Å². The van der Waals surface area contributed by atoms with Gasteiger partial charge in [0, 0.05) is 10.8 Å². The lowest BCUT2D eigenvalue weighted by Gasteiger charge is -2.56. The minimum atomic E-state index is -0.670. The molecule has 0 spiro atoms. The average Bonchev–Trinajstić information content (AvgIpc) is 2.08. The molecule has 1 saturated carbocycles. The van der Waals surface area contributed by atoms with Crippen molar-refractivity contribution in [3.8, 4) is 0 Å². The summed E-state index contributed by atoms with van der Waals surface area (Å²) < 4.78 is 0. The van der Waals surface area contributed by atoms with E-state index in [1.54, 1.807) is 0 Å². The molecule has 1 fully saturated rings. The van der Waals surface area contributed by atoms with E-state index >= 15 is 0 Å². The Morgan fingerprint density at radius 1 is 0.667 bits per heavy atom. The molecule has 0 radical (unpaired) electrons. The third-order valence-corrected chi connectivity index (χ3v) is 3.42. The quantitative estimate of drug-likeness (QED) is 0.430. The summed E-state index contributed by atoms with van der Waals surface area (Å²) in [4.78, 5) is 0. The van der Waals surface area contributed by atoms with Crippen LogP contribution in [0.5, 0.6) is 0 Å². The van der Waals surface area contributed by atoms with Gasteiger partial charge in [-0.3, -0.25) is 0 Å². The molecule has 0 aromatic rings. The van der Waals surface area contributed by atoms with Crippen LogP contribution in [0.2, 0.25) is 0 Å². The first kappa shape index (κ1) is 9.92. The topological polar surface area (TPSA) is 80.9 Å². The first-order chi connectivity index (χ1) is 5.70. The Labute approximate surface area is 71.5 Å². The second-order valence-electron chi connectivity index (χ2n) is 3.69. The molecule has 4 nitrogen and oxygen atoms in total. The zero-order chi connectivity index (χ0) is 9.24. The van der Waals surface area contributed by atoms with Gasteiger partial charge in [-0.1, -0.05) is 0 Å². The van der Waals surface area contributed by atoms with E-state index in [1.165, 1.54) is 0 Å². The predicted molar refractivity (Wildman–Crippen MR) is 42.4 cm³/mol. The summed E-state index contributed by atoms with van der Waals surface area (Å²) in [6.45, 7) is -0.704. The van der Waals surface area contributed by atoms with Crippen molar-refractivity contribution in [2.24, 2.45) is 10.8 Å². The van der Waals surface area contributed by atoms with Crippen molar-refractivity contribution in [1.29, 1.82) is 0 Å². The molecule has 1 rings (SSSR count). The molecule has 1 aliphatic rings. The van der Waals surface area contributed by atoms with Crippen LogP contribution in [-0.2, 0) is 0 Å². The molecule has 12 heavy (non-hydrogen) atoms. The van der Waals surface area contributed by atoms with Gasteiger partial charge in [-0.05, 0) is 12.8 Å². The van der Waals surface area contributed by atoms with Crippen LogP contribution in [0.1, 0.15) is 12.8 Å². The van der Waals surface area contributed by atoms with Crippen molar-refractivity contribution in [3.63, 3.8) is 0 Å². The zero-order valence-corrected chi connectivity index (χ0v) is 7.03. The standard InChI is InChI=1S/C8H16O4/c9-3-7(4-10)1-2-8(7,5-11)6-12/h9-12H,1-6H2. The number of hydrogen-bond acceptors (Lipinski definition) is 4. The lowest BCUT2D eigenvalue weighted by atomic mass is 9.50. The molecule has 0 aliphatic heterocycles. The molecule has 0 aromatic carbocycles. The van der Waals surface area contributed by atoms with Crippen molar-refractivity contribution in [2.75, 3.05) is 26.4 Å². The van der Waals surface area contributed by atoms with Crippen LogP contribution in [0.3, 0.4) is 0 Å². The van der Waals surface area contributed by atoms with Crippen LogP contribution in [-0.4, -0.2) is 46.9 Å². The second kappa shape index (κ2) is 3.30. The second-order valence-corrected chi connectivity index (χ2v) is 3.69. The zero-order valence-electron chi connectivity index (χ0n) is 7.03. The smallest absolute Gasteiger partial charge is 0.0516 e. The number of hydrogen-bond donors (Lipinski definition) is 4. The molecule has 0 atom stereocenters. The molecule has 4 N–H and O–H groups in total. The summed E-state index contributed by atoms with van der Waals surface area (Å²) in [6.07, 6.45) is 1.34. The first-order valence-corrected chi connectivity index (χ1v) is 4.14. The van der Waals surface area contributed by atoms with E-state index in [4.69, 9.17) is 20.4 Å². The first-order valence-electron chi connectivity index (χ1n) is 4.14. The Balaban J connectivity index is 2.77. The molecule has 4 heteroatoms. The van der Waals surface area contributed by atoms with Gasteiger partial charge < -0.3 is 20.4 Å². The molecule has 0 bridgehead atoms. The van der Waals surface area contributed by atoms with Gasteiger partial charge in [0.25, 0.3) is 0 Å². The van der Waals surface area contributed by atoms with Gasteiger partial charge in [-0.2, -0.15) is 0 Å². The summed E-state index contributed by atoms with van der Waals surface area (Å²) in [5, 5.41) is 36.2. The van der Waals surface area contributed by atoms with Crippen molar-refractivity contribution < 1.29 is 20.4 Å². The highest BCUT2D eigenvalue weighted by Crippen LogP contribution is 2.55. The molecule has 72 valence electrons. The van der Waals surface area contributed by atoms with Crippen molar-refractivity contribution >= 4 is 0 Å². The van der Waals surface area contributed by atoms with Crippen LogP contribution >= 0.6 is 0 Å². The summed E-state index contributed by atoms with van der Waals surface area (Å²) in [5.41, 5.74) is -1.34. The van der Waals surface area contributed by atoms with E-state index in [0.29, 0.717) is 12.8 Å². The summed E-state index contributed by atoms with van der Waals surface area (Å²) >= 11 is 0. The molecule has 0 unspecified atom stereocenters. The monoisotopic (exact) mass is 176 g/mol. The molecule has 1 aliphatic carbocycles. The van der Waals surface area contributed by atoms with Crippen LogP contribution < -0.4 is 0 Å². The van der Waals surface area contributed by atoms with E-state index in [9.17, 15) is 0 Å². The summed E-state index contributed by atoms with van der Waals surface area (Å²) in [7, 11) is 0. The Bertz CT molecular complexity index is 120. The third kappa shape index (κ3) is 0.992. The van der Waals surface area contributed by atoms with Crippen LogP contribution in [0.15, 0.2) is 0 Å². The van der Waals surface area contributed by atoms with Gasteiger partial charge in [0.1, 0.15) is 0 Å². The maximum atomic E-state index is 9.05. The molecular weight excluding hydrogens is 160 g/mol. The average molecular weight is 176 g/mol. The Kier molecular flexibility index (Phi) is 2.73. The summed E-state index contributed by atoms with van der Waals surface area (Å²) in [6, 6.07) is 0. The maximum absolute atomic E-state index is 9.05. The lowest BCUT2D eigenvalue weighted by molar-refractivity contribution is -0.184. The predicted octanol–water partition coefficient (Wildman–Crippen LogP) is -1.28. The van der Waals surface area contributed by atoms with Crippen LogP contribution in [0, 0.1) is 10.8 Å². The van der Waals surface area contributed by atoms with Gasteiger partial charge in [-0.15, -0.1) is 0 Å². The lowest BCUT2D eigenvalue weighted by Crippen LogP contribution is -2.59. The van der Waals surface area contributed by atoms with Crippen LogP contribution in [0.4, 0.5) is 0 Å². The molecule has 0 saturated heterocycles. The number of aliphatic hydroxyl groups excluding tert-OH is 4. The normalized spacial score (nSPS) is 25.0. The van der Waals surface area contributed by atoms with Gasteiger partial charge in [0.15, 0.2) is 0 Å². The highest BCUT2D eigenvalue weighted by atomic mass is 16.3. The van der Waals surface area contributed by atoms with Crippen molar-refractivity contribution in [3.05, 3.63) is 0 Å². The van der Waals surface area contributed by atoms with E-state index in [1.807, 2.05) is 0 Å². The molecule has 0 heterocycles. The van der Waals surface area contributed by atoms with Crippen LogP contribution in [0.25, 0.3) is 0 Å². The fraction of sp³-hybridized carbons (Fsp3) is 1.00. The minimum Gasteiger partial charge on any atom is -0.396 e. The Morgan fingerprint density at radius 2 is 0.917 bits per heavy atom. The number of rotatable bonds is 4. The van der Waals surface area contributed by atoms with E-state index < -0.39 is 10.8 Å². The largest absolute Gasteiger partial charge is 0.396 e. The molecular formula is C8H16O4. The third-order valence-electron chi connectivity index (χ3n) is 3.42. The fourth-order valence-corrected chi connectivity index (χ4v) is 1.92. The van der Waals surface area contributed by atoms with Crippen molar-refractivity contribution in [1.82, 2.24) is 0 Å². The van der Waals surface area contributed by atoms with Gasteiger partial charge >= 0.3 is 0 Å². The fourth-order valence-electron chi connectivity index (χ4n) is 1.92. The van der Waals surface area contributed by atoms with E-state index in [0.717, 1.165) is 0 Å². The van der Waals surface area contributed by atoms with E-state index in [-0.39, 0.29) is 26.4 Å². The number of aliphatic hydroxyl groups is 4. The minimum absolute atomic E-state index is 0.176. The Morgan fingerprint density at radius 3 is 1.00 bits per heavy atom. The van der Waals surface area contributed by atoms with Gasteiger partial charge in [-0.25, -0.2) is 0 Å². The highest BCUT2D eigenvalue weighted by molar-refractivity contribution is 5.05.